The third kappa shape index (κ3) is 2.86. The Bertz CT molecular complexity index is 488. The summed E-state index contributed by atoms with van der Waals surface area (Å²) < 4.78 is 10.1. The second-order valence-corrected chi connectivity index (χ2v) is 3.38. The fraction of sp³-hybridized carbons (Fsp3) is 0.364. The number of nitrogens with one attached hydrogen (secondary N) is 1. The molecule has 17 heavy (non-hydrogen) atoms. The second kappa shape index (κ2) is 5.51. The van der Waals surface area contributed by atoms with Gasteiger partial charge in [0.2, 0.25) is 0 Å². The van der Waals surface area contributed by atoms with Gasteiger partial charge < -0.3 is 14.8 Å². The molecule has 0 fully saturated rings. The van der Waals surface area contributed by atoms with Gasteiger partial charge in [0.25, 0.3) is 0 Å². The number of methoxy groups -OCH3 is 2. The average Bonchev–Trinajstić information content (AvgIpc) is 2.40. The lowest BCUT2D eigenvalue weighted by atomic mass is 10.4. The maximum atomic E-state index is 5.07. The van der Waals surface area contributed by atoms with Crippen molar-refractivity contribution in [2.45, 2.75) is 6.29 Å². The molecule has 6 nitrogen and oxygen atoms in total. The predicted octanol–water partition coefficient (Wildman–Crippen LogP) is 1.06. The van der Waals surface area contributed by atoms with Gasteiger partial charge in [-0.1, -0.05) is 0 Å². The molecule has 0 aromatic carbocycles. The highest BCUT2D eigenvalue weighted by molar-refractivity contribution is 5.71. The summed E-state index contributed by atoms with van der Waals surface area (Å²) in [5, 5.41) is 3.11. The van der Waals surface area contributed by atoms with Crippen LogP contribution in [0.4, 0.5) is 5.82 Å². The van der Waals surface area contributed by atoms with Crippen LogP contribution in [0.25, 0.3) is 11.2 Å². The third-order valence-corrected chi connectivity index (χ3v) is 2.31. The molecule has 0 saturated heterocycles. The monoisotopic (exact) mass is 234 g/mol. The number of fused-ring (bicyclic) bond motifs is 1. The highest BCUT2D eigenvalue weighted by Crippen LogP contribution is 2.10. The van der Waals surface area contributed by atoms with Gasteiger partial charge in [-0.2, -0.15) is 0 Å². The smallest absolute Gasteiger partial charge is 0.180 e. The molecule has 0 radical (unpaired) electrons. The van der Waals surface area contributed by atoms with Crippen LogP contribution in [0, 0.1) is 0 Å². The standard InChI is InChI=1S/C11H14N4O2/c1-16-10(17-2)7-14-9-4-3-8-11(15-9)13-6-5-12-8/h3-6,10H,7H2,1-2H3,(H,13,14,15). The van der Waals surface area contributed by atoms with E-state index in [0.29, 0.717) is 12.2 Å². The van der Waals surface area contributed by atoms with Gasteiger partial charge in [0, 0.05) is 26.6 Å². The molecule has 0 unspecified atom stereocenters. The first kappa shape index (κ1) is 11.7. The van der Waals surface area contributed by atoms with E-state index in [0.717, 1.165) is 11.3 Å². The first-order valence-electron chi connectivity index (χ1n) is 5.20. The van der Waals surface area contributed by atoms with Crippen molar-refractivity contribution in [1.29, 1.82) is 0 Å². The molecule has 2 rings (SSSR count). The van der Waals surface area contributed by atoms with Gasteiger partial charge in [0.1, 0.15) is 11.3 Å². The molecule has 0 atom stereocenters. The number of nitrogens with zero attached hydrogens (tertiary/aromatic N) is 3. The molecule has 2 heterocycles. The van der Waals surface area contributed by atoms with Gasteiger partial charge in [0.15, 0.2) is 11.9 Å². The molecule has 1 N–H and O–H groups in total. The Morgan fingerprint density at radius 2 is 1.94 bits per heavy atom. The summed E-state index contributed by atoms with van der Waals surface area (Å²) in [7, 11) is 3.18. The number of ether oxygens (including phenoxy) is 2. The van der Waals surface area contributed by atoms with E-state index in [1.54, 1.807) is 26.6 Å². The zero-order valence-corrected chi connectivity index (χ0v) is 9.75. The van der Waals surface area contributed by atoms with Crippen LogP contribution in [-0.4, -0.2) is 42.0 Å². The Labute approximate surface area is 99.0 Å². The molecular weight excluding hydrogens is 220 g/mol. The van der Waals surface area contributed by atoms with E-state index < -0.39 is 0 Å². The van der Waals surface area contributed by atoms with E-state index in [4.69, 9.17) is 9.47 Å². The molecule has 0 aliphatic rings. The van der Waals surface area contributed by atoms with Crippen LogP contribution in [0.15, 0.2) is 24.5 Å². The Morgan fingerprint density at radius 1 is 1.18 bits per heavy atom. The molecule has 2 aromatic heterocycles. The molecule has 2 aromatic rings. The molecule has 0 spiro atoms. The van der Waals surface area contributed by atoms with E-state index in [1.165, 1.54) is 0 Å². The topological polar surface area (TPSA) is 69.2 Å². The zero-order chi connectivity index (χ0) is 12.1. The van der Waals surface area contributed by atoms with Crippen molar-refractivity contribution in [2.24, 2.45) is 0 Å². The van der Waals surface area contributed by atoms with Gasteiger partial charge in [-0.25, -0.2) is 9.97 Å². The molecule has 0 aliphatic heterocycles. The number of hydrogen-bond acceptors (Lipinski definition) is 6. The van der Waals surface area contributed by atoms with Crippen LogP contribution >= 0.6 is 0 Å². The summed E-state index contributed by atoms with van der Waals surface area (Å²) in [6, 6.07) is 3.71. The maximum absolute atomic E-state index is 5.07. The molecule has 0 amide bonds. The number of anilines is 1. The third-order valence-electron chi connectivity index (χ3n) is 2.31. The quantitative estimate of drug-likeness (QED) is 0.780. The lowest BCUT2D eigenvalue weighted by Crippen LogP contribution is -2.23. The summed E-state index contributed by atoms with van der Waals surface area (Å²) in [4.78, 5) is 12.6. The minimum absolute atomic E-state index is 0.297. The van der Waals surface area contributed by atoms with Crippen LogP contribution in [0.5, 0.6) is 0 Å². The SMILES string of the molecule is COC(CNc1ccc2nccnc2n1)OC. The first-order chi connectivity index (χ1) is 8.33. The lowest BCUT2D eigenvalue weighted by molar-refractivity contribution is -0.0914. The van der Waals surface area contributed by atoms with Crippen LogP contribution in [0.3, 0.4) is 0 Å². The van der Waals surface area contributed by atoms with Gasteiger partial charge in [0.05, 0.1) is 6.54 Å². The Balaban J connectivity index is 2.09. The Kier molecular flexibility index (Phi) is 3.79. The van der Waals surface area contributed by atoms with Crippen molar-refractivity contribution in [3.05, 3.63) is 24.5 Å². The first-order valence-corrected chi connectivity index (χ1v) is 5.20. The fourth-order valence-electron chi connectivity index (χ4n) is 1.40. The number of rotatable bonds is 5. The van der Waals surface area contributed by atoms with Crippen molar-refractivity contribution in [3.63, 3.8) is 0 Å². The molecular formula is C11H14N4O2. The van der Waals surface area contributed by atoms with Gasteiger partial charge in [-0.15, -0.1) is 0 Å². The summed E-state index contributed by atoms with van der Waals surface area (Å²) in [6.07, 6.45) is 2.96. The van der Waals surface area contributed by atoms with E-state index in [9.17, 15) is 0 Å². The van der Waals surface area contributed by atoms with Crippen LogP contribution < -0.4 is 5.32 Å². The average molecular weight is 234 g/mol. The van der Waals surface area contributed by atoms with Crippen molar-refractivity contribution in [1.82, 2.24) is 15.0 Å². The number of pyridine rings is 1. The minimum atomic E-state index is -0.297. The minimum Gasteiger partial charge on any atom is -0.365 e. The fourth-order valence-corrected chi connectivity index (χ4v) is 1.40. The lowest BCUT2D eigenvalue weighted by Gasteiger charge is -2.14. The normalized spacial score (nSPS) is 11.0. The van der Waals surface area contributed by atoms with Crippen molar-refractivity contribution in [3.8, 4) is 0 Å². The highest BCUT2D eigenvalue weighted by atomic mass is 16.7. The van der Waals surface area contributed by atoms with Crippen molar-refractivity contribution >= 4 is 17.0 Å². The van der Waals surface area contributed by atoms with Crippen molar-refractivity contribution in [2.75, 3.05) is 26.1 Å². The molecule has 0 aliphatic carbocycles. The van der Waals surface area contributed by atoms with E-state index in [2.05, 4.69) is 20.3 Å². The molecule has 6 heteroatoms. The largest absolute Gasteiger partial charge is 0.365 e. The number of hydrogen-bond donors (Lipinski definition) is 1. The van der Waals surface area contributed by atoms with E-state index in [1.807, 2.05) is 12.1 Å². The Hall–Kier alpha value is -1.79. The van der Waals surface area contributed by atoms with Crippen LogP contribution in [0.1, 0.15) is 0 Å². The van der Waals surface area contributed by atoms with Gasteiger partial charge in [-0.3, -0.25) is 4.98 Å². The summed E-state index contributed by atoms with van der Waals surface area (Å²) in [5.41, 5.74) is 1.39. The summed E-state index contributed by atoms with van der Waals surface area (Å²) in [6.45, 7) is 0.520. The maximum Gasteiger partial charge on any atom is 0.180 e. The van der Waals surface area contributed by atoms with E-state index in [-0.39, 0.29) is 6.29 Å². The van der Waals surface area contributed by atoms with Crippen LogP contribution in [0.2, 0.25) is 0 Å². The summed E-state index contributed by atoms with van der Waals surface area (Å²) >= 11 is 0. The second-order valence-electron chi connectivity index (χ2n) is 3.38. The number of aromatic nitrogens is 3. The van der Waals surface area contributed by atoms with Gasteiger partial charge >= 0.3 is 0 Å². The molecule has 90 valence electrons. The highest BCUT2D eigenvalue weighted by Gasteiger charge is 2.05. The van der Waals surface area contributed by atoms with Gasteiger partial charge in [-0.05, 0) is 12.1 Å². The van der Waals surface area contributed by atoms with Crippen molar-refractivity contribution < 1.29 is 9.47 Å². The summed E-state index contributed by atoms with van der Waals surface area (Å²) in [5.74, 6) is 0.720. The predicted molar refractivity (Wildman–Crippen MR) is 63.6 cm³/mol. The van der Waals surface area contributed by atoms with Crippen LogP contribution in [-0.2, 0) is 9.47 Å². The molecule has 0 bridgehead atoms. The molecule has 0 saturated carbocycles. The Morgan fingerprint density at radius 3 is 2.71 bits per heavy atom. The van der Waals surface area contributed by atoms with E-state index >= 15 is 0 Å². The zero-order valence-electron chi connectivity index (χ0n) is 9.75.